The van der Waals surface area contributed by atoms with Crippen LogP contribution in [0.25, 0.3) is 0 Å². The molecule has 1 atom stereocenters. The molecule has 0 bridgehead atoms. The van der Waals surface area contributed by atoms with Crippen LogP contribution >= 0.6 is 23.7 Å². The molecule has 0 aliphatic rings. The smallest absolute Gasteiger partial charge is 0.231 e. The van der Waals surface area contributed by atoms with Gasteiger partial charge in [0.05, 0.1) is 13.7 Å². The fourth-order valence-corrected chi connectivity index (χ4v) is 2.97. The number of methoxy groups -OCH3 is 1. The fraction of sp³-hybridized carbons (Fsp3) is 0.353. The molecule has 0 aliphatic carbocycles. The lowest BCUT2D eigenvalue weighted by Gasteiger charge is -2.25. The molecular weight excluding hydrogens is 332 g/mol. The molecule has 6 heteroatoms. The van der Waals surface area contributed by atoms with E-state index in [1.165, 1.54) is 4.88 Å². The molecule has 1 N–H and O–H groups in total. The maximum Gasteiger partial charge on any atom is 0.231 e. The molecule has 2 aromatic rings. The van der Waals surface area contributed by atoms with E-state index in [2.05, 4.69) is 11.4 Å². The number of hydrogen-bond acceptors (Lipinski definition) is 4. The summed E-state index contributed by atoms with van der Waals surface area (Å²) in [6, 6.07) is 11.7. The second-order valence-corrected chi connectivity index (χ2v) is 6.19. The van der Waals surface area contributed by atoms with E-state index in [4.69, 9.17) is 4.74 Å². The lowest BCUT2D eigenvalue weighted by molar-refractivity contribution is -0.121. The standard InChI is InChI=1S/C17H22N2O2S.ClH/c1-13(11-18-2)17(20)19(12-16-5-4-10-22-16)14-6-8-15(21-3)9-7-14;/h4-10,13,18H,11-12H2,1-3H3;1H. The lowest BCUT2D eigenvalue weighted by Crippen LogP contribution is -2.38. The minimum Gasteiger partial charge on any atom is -0.497 e. The molecule has 0 spiro atoms. The molecule has 1 aromatic carbocycles. The van der Waals surface area contributed by atoms with Gasteiger partial charge < -0.3 is 15.0 Å². The average Bonchev–Trinajstić information content (AvgIpc) is 3.05. The Bertz CT molecular complexity index is 587. The van der Waals surface area contributed by atoms with Crippen molar-refractivity contribution in [2.24, 2.45) is 5.92 Å². The summed E-state index contributed by atoms with van der Waals surface area (Å²) in [4.78, 5) is 15.8. The van der Waals surface area contributed by atoms with E-state index < -0.39 is 0 Å². The Labute approximate surface area is 147 Å². The molecule has 2 rings (SSSR count). The van der Waals surface area contributed by atoms with E-state index in [-0.39, 0.29) is 24.2 Å². The molecule has 1 unspecified atom stereocenters. The highest BCUT2D eigenvalue weighted by molar-refractivity contribution is 7.09. The molecule has 126 valence electrons. The van der Waals surface area contributed by atoms with Crippen LogP contribution in [0.15, 0.2) is 41.8 Å². The number of amides is 1. The van der Waals surface area contributed by atoms with Gasteiger partial charge in [0.15, 0.2) is 0 Å². The Balaban J connectivity index is 0.00000264. The first-order valence-electron chi connectivity index (χ1n) is 7.28. The van der Waals surface area contributed by atoms with Gasteiger partial charge in [-0.15, -0.1) is 23.7 Å². The zero-order chi connectivity index (χ0) is 15.9. The van der Waals surface area contributed by atoms with Crippen molar-refractivity contribution in [3.05, 3.63) is 46.7 Å². The minimum absolute atomic E-state index is 0. The molecule has 0 saturated heterocycles. The van der Waals surface area contributed by atoms with Gasteiger partial charge in [-0.3, -0.25) is 4.79 Å². The maximum atomic E-state index is 12.8. The highest BCUT2D eigenvalue weighted by atomic mass is 35.5. The third kappa shape index (κ3) is 5.23. The van der Waals surface area contributed by atoms with Crippen molar-refractivity contribution in [2.75, 3.05) is 25.6 Å². The molecule has 4 nitrogen and oxygen atoms in total. The number of rotatable bonds is 7. The van der Waals surface area contributed by atoms with Crippen molar-refractivity contribution < 1.29 is 9.53 Å². The molecule has 23 heavy (non-hydrogen) atoms. The Morgan fingerprint density at radius 1 is 1.30 bits per heavy atom. The second-order valence-electron chi connectivity index (χ2n) is 5.16. The zero-order valence-corrected chi connectivity index (χ0v) is 15.2. The van der Waals surface area contributed by atoms with Crippen molar-refractivity contribution in [1.82, 2.24) is 5.32 Å². The van der Waals surface area contributed by atoms with Crippen LogP contribution in [0.5, 0.6) is 5.75 Å². The predicted molar refractivity (Wildman–Crippen MR) is 98.8 cm³/mol. The Kier molecular flexibility index (Phi) is 8.09. The predicted octanol–water partition coefficient (Wildman–Crippen LogP) is 3.57. The Morgan fingerprint density at radius 3 is 2.52 bits per heavy atom. The molecular formula is C17H23ClN2O2S. The number of anilines is 1. The molecule has 1 aromatic heterocycles. The van der Waals surface area contributed by atoms with Crippen LogP contribution in [-0.4, -0.2) is 26.6 Å². The number of halogens is 1. The van der Waals surface area contributed by atoms with Gasteiger partial charge in [-0.05, 0) is 42.8 Å². The Morgan fingerprint density at radius 2 is 2.00 bits per heavy atom. The van der Waals surface area contributed by atoms with Gasteiger partial charge in [-0.25, -0.2) is 0 Å². The molecule has 0 radical (unpaired) electrons. The van der Waals surface area contributed by atoms with E-state index in [1.54, 1.807) is 18.4 Å². The van der Waals surface area contributed by atoms with Crippen molar-refractivity contribution >= 4 is 35.3 Å². The van der Waals surface area contributed by atoms with Gasteiger partial charge in [-0.1, -0.05) is 13.0 Å². The Hall–Kier alpha value is -1.56. The summed E-state index contributed by atoms with van der Waals surface area (Å²) >= 11 is 1.66. The van der Waals surface area contributed by atoms with Crippen LogP contribution in [-0.2, 0) is 11.3 Å². The van der Waals surface area contributed by atoms with Crippen LogP contribution < -0.4 is 15.0 Å². The summed E-state index contributed by atoms with van der Waals surface area (Å²) in [6.45, 7) is 3.20. The van der Waals surface area contributed by atoms with Crippen LogP contribution in [0.3, 0.4) is 0 Å². The summed E-state index contributed by atoms with van der Waals surface area (Å²) in [6.07, 6.45) is 0. The molecule has 0 saturated carbocycles. The number of nitrogens with zero attached hydrogens (tertiary/aromatic N) is 1. The molecule has 1 amide bonds. The normalized spacial score (nSPS) is 11.4. The minimum atomic E-state index is -0.0768. The van der Waals surface area contributed by atoms with Gasteiger partial charge in [0, 0.05) is 23.0 Å². The largest absolute Gasteiger partial charge is 0.497 e. The van der Waals surface area contributed by atoms with Crippen LogP contribution in [0.2, 0.25) is 0 Å². The second kappa shape index (κ2) is 9.55. The number of nitrogens with one attached hydrogen (secondary N) is 1. The molecule has 0 aliphatic heterocycles. The van der Waals surface area contributed by atoms with E-state index >= 15 is 0 Å². The van der Waals surface area contributed by atoms with E-state index in [9.17, 15) is 4.79 Å². The van der Waals surface area contributed by atoms with Crippen molar-refractivity contribution in [2.45, 2.75) is 13.5 Å². The van der Waals surface area contributed by atoms with Gasteiger partial charge in [0.25, 0.3) is 0 Å². The molecule has 0 fully saturated rings. The van der Waals surface area contributed by atoms with Gasteiger partial charge in [0.1, 0.15) is 5.75 Å². The SMILES string of the molecule is CNCC(C)C(=O)N(Cc1cccs1)c1ccc(OC)cc1.Cl. The van der Waals surface area contributed by atoms with Crippen molar-refractivity contribution in [3.8, 4) is 5.75 Å². The number of carbonyl (C=O) groups excluding carboxylic acids is 1. The maximum absolute atomic E-state index is 12.8. The summed E-state index contributed by atoms with van der Waals surface area (Å²) in [5, 5.41) is 5.10. The third-order valence-electron chi connectivity index (χ3n) is 3.48. The molecule has 1 heterocycles. The first kappa shape index (κ1) is 19.5. The van der Waals surface area contributed by atoms with Gasteiger partial charge in [0.2, 0.25) is 5.91 Å². The average molecular weight is 355 g/mol. The van der Waals surface area contributed by atoms with Crippen LogP contribution in [0.1, 0.15) is 11.8 Å². The zero-order valence-electron chi connectivity index (χ0n) is 13.6. The highest BCUT2D eigenvalue weighted by Gasteiger charge is 2.22. The summed E-state index contributed by atoms with van der Waals surface area (Å²) in [5.41, 5.74) is 0.891. The first-order valence-corrected chi connectivity index (χ1v) is 8.16. The summed E-state index contributed by atoms with van der Waals surface area (Å²) in [7, 11) is 3.50. The van der Waals surface area contributed by atoms with Crippen LogP contribution in [0, 0.1) is 5.92 Å². The van der Waals surface area contributed by atoms with Crippen LogP contribution in [0.4, 0.5) is 5.69 Å². The summed E-state index contributed by atoms with van der Waals surface area (Å²) < 4.78 is 5.19. The summed E-state index contributed by atoms with van der Waals surface area (Å²) in [5.74, 6) is 0.829. The van der Waals surface area contributed by atoms with E-state index in [1.807, 2.05) is 54.6 Å². The third-order valence-corrected chi connectivity index (χ3v) is 4.34. The van der Waals surface area contributed by atoms with Crippen molar-refractivity contribution in [1.29, 1.82) is 0 Å². The number of thiophene rings is 1. The van der Waals surface area contributed by atoms with E-state index in [0.29, 0.717) is 13.1 Å². The topological polar surface area (TPSA) is 41.6 Å². The van der Waals surface area contributed by atoms with Crippen molar-refractivity contribution in [3.63, 3.8) is 0 Å². The quantitative estimate of drug-likeness (QED) is 0.826. The monoisotopic (exact) mass is 354 g/mol. The number of ether oxygens (including phenoxy) is 1. The fourth-order valence-electron chi connectivity index (χ4n) is 2.28. The van der Waals surface area contributed by atoms with Gasteiger partial charge >= 0.3 is 0 Å². The number of carbonyl (C=O) groups is 1. The van der Waals surface area contributed by atoms with Gasteiger partial charge in [-0.2, -0.15) is 0 Å². The number of hydrogen-bond donors (Lipinski definition) is 1. The number of benzene rings is 1. The first-order chi connectivity index (χ1) is 10.7. The van der Waals surface area contributed by atoms with E-state index in [0.717, 1.165) is 11.4 Å². The lowest BCUT2D eigenvalue weighted by atomic mass is 10.1. The highest BCUT2D eigenvalue weighted by Crippen LogP contribution is 2.24.